The van der Waals surface area contributed by atoms with Crippen LogP contribution < -0.4 is 0 Å². The molecule has 17 heavy (non-hydrogen) atoms. The van der Waals surface area contributed by atoms with Crippen molar-refractivity contribution in [3.8, 4) is 0 Å². The number of likely N-dealkylation sites (N-methyl/N-ethyl adjacent to an activating group) is 1. The van der Waals surface area contributed by atoms with E-state index in [-0.39, 0.29) is 0 Å². The number of rotatable bonds is 7. The Morgan fingerprint density at radius 2 is 2.00 bits per heavy atom. The molecule has 0 radical (unpaired) electrons. The summed E-state index contributed by atoms with van der Waals surface area (Å²) in [6, 6.07) is 8.50. The van der Waals surface area contributed by atoms with Gasteiger partial charge in [-0.1, -0.05) is 28.1 Å². The van der Waals surface area contributed by atoms with E-state index in [0.29, 0.717) is 0 Å². The predicted molar refractivity (Wildman–Crippen MR) is 74.0 cm³/mol. The van der Waals surface area contributed by atoms with Crippen molar-refractivity contribution in [1.82, 2.24) is 4.90 Å². The van der Waals surface area contributed by atoms with Crippen LogP contribution in [0.3, 0.4) is 0 Å². The average Bonchev–Trinajstić information content (AvgIpc) is 3.12. The summed E-state index contributed by atoms with van der Waals surface area (Å²) in [5, 5.41) is 0. The Bertz CT molecular complexity index is 335. The van der Waals surface area contributed by atoms with Crippen molar-refractivity contribution >= 4 is 15.9 Å². The van der Waals surface area contributed by atoms with Crippen molar-refractivity contribution < 1.29 is 4.74 Å². The number of hydrogen-bond acceptors (Lipinski definition) is 2. The second-order valence-electron chi connectivity index (χ2n) is 4.88. The van der Waals surface area contributed by atoms with Crippen molar-refractivity contribution in [1.29, 1.82) is 0 Å². The van der Waals surface area contributed by atoms with Gasteiger partial charge in [0.15, 0.2) is 0 Å². The molecule has 1 saturated carbocycles. The highest BCUT2D eigenvalue weighted by molar-refractivity contribution is 9.10. The van der Waals surface area contributed by atoms with Gasteiger partial charge >= 0.3 is 0 Å². The molecule has 2 rings (SSSR count). The quantitative estimate of drug-likeness (QED) is 0.716. The minimum Gasteiger partial charge on any atom is -0.380 e. The first-order chi connectivity index (χ1) is 8.24. The summed E-state index contributed by atoms with van der Waals surface area (Å²) in [6.45, 7) is 3.80. The van der Waals surface area contributed by atoms with Gasteiger partial charge in [-0.3, -0.25) is 4.90 Å². The third kappa shape index (κ3) is 5.19. The first-order valence-electron chi connectivity index (χ1n) is 6.25. The summed E-state index contributed by atoms with van der Waals surface area (Å²) >= 11 is 3.45. The molecule has 0 spiro atoms. The zero-order chi connectivity index (χ0) is 12.1. The molecule has 94 valence electrons. The molecule has 1 fully saturated rings. The van der Waals surface area contributed by atoms with Gasteiger partial charge in [0.05, 0.1) is 6.61 Å². The standard InChI is InChI=1S/C14H20BrNO/c1-16(8-9-17-11-13-2-3-13)10-12-4-6-14(15)7-5-12/h4-7,13H,2-3,8-11H2,1H3. The van der Waals surface area contributed by atoms with Crippen LogP contribution in [0.1, 0.15) is 18.4 Å². The molecule has 0 aliphatic heterocycles. The van der Waals surface area contributed by atoms with Gasteiger partial charge in [-0.2, -0.15) is 0 Å². The Kier molecular flexibility index (Phi) is 5.01. The molecule has 1 aliphatic carbocycles. The van der Waals surface area contributed by atoms with Crippen molar-refractivity contribution in [3.05, 3.63) is 34.3 Å². The highest BCUT2D eigenvalue weighted by Crippen LogP contribution is 2.28. The molecular formula is C14H20BrNO. The fourth-order valence-corrected chi connectivity index (χ4v) is 2.00. The molecule has 0 amide bonds. The van der Waals surface area contributed by atoms with Crippen molar-refractivity contribution in [3.63, 3.8) is 0 Å². The van der Waals surface area contributed by atoms with Gasteiger partial charge in [-0.25, -0.2) is 0 Å². The Hall–Kier alpha value is -0.380. The minimum absolute atomic E-state index is 0.851. The molecule has 0 bridgehead atoms. The maximum Gasteiger partial charge on any atom is 0.0593 e. The summed E-state index contributed by atoms with van der Waals surface area (Å²) in [4.78, 5) is 2.30. The Balaban J connectivity index is 1.61. The van der Waals surface area contributed by atoms with Crippen LogP contribution in [0.4, 0.5) is 0 Å². The summed E-state index contributed by atoms with van der Waals surface area (Å²) < 4.78 is 6.77. The molecule has 1 aromatic carbocycles. The van der Waals surface area contributed by atoms with E-state index in [1.54, 1.807) is 0 Å². The normalized spacial score (nSPS) is 15.5. The third-order valence-electron chi connectivity index (χ3n) is 3.03. The maximum atomic E-state index is 5.64. The fraction of sp³-hybridized carbons (Fsp3) is 0.571. The van der Waals surface area contributed by atoms with Crippen LogP contribution in [0, 0.1) is 5.92 Å². The molecule has 0 aromatic heterocycles. The molecule has 0 heterocycles. The summed E-state index contributed by atoms with van der Waals surface area (Å²) in [5.41, 5.74) is 1.35. The van der Waals surface area contributed by atoms with Crippen LogP contribution in [0.15, 0.2) is 28.7 Å². The summed E-state index contributed by atoms with van der Waals surface area (Å²) in [5.74, 6) is 0.867. The lowest BCUT2D eigenvalue weighted by Crippen LogP contribution is -2.23. The monoisotopic (exact) mass is 297 g/mol. The van der Waals surface area contributed by atoms with E-state index in [1.807, 2.05) is 0 Å². The maximum absolute atomic E-state index is 5.64. The first kappa shape index (κ1) is 13.1. The molecule has 0 unspecified atom stereocenters. The molecule has 1 aromatic rings. The van der Waals surface area contributed by atoms with Crippen LogP contribution >= 0.6 is 15.9 Å². The summed E-state index contributed by atoms with van der Waals surface area (Å²) in [6.07, 6.45) is 2.74. The average molecular weight is 298 g/mol. The SMILES string of the molecule is CN(CCOCC1CC1)Cc1ccc(Br)cc1. The van der Waals surface area contributed by atoms with Gasteiger partial charge in [-0.15, -0.1) is 0 Å². The molecule has 0 atom stereocenters. The molecule has 3 heteroatoms. The zero-order valence-electron chi connectivity index (χ0n) is 10.4. The van der Waals surface area contributed by atoms with Gasteiger partial charge < -0.3 is 4.74 Å². The van der Waals surface area contributed by atoms with Crippen LogP contribution in [0.5, 0.6) is 0 Å². The Morgan fingerprint density at radius 3 is 2.65 bits per heavy atom. The number of hydrogen-bond donors (Lipinski definition) is 0. The Morgan fingerprint density at radius 1 is 1.29 bits per heavy atom. The number of ether oxygens (including phenoxy) is 1. The topological polar surface area (TPSA) is 12.5 Å². The van der Waals surface area contributed by atoms with E-state index in [2.05, 4.69) is 52.1 Å². The van der Waals surface area contributed by atoms with Crippen LogP contribution in [-0.2, 0) is 11.3 Å². The zero-order valence-corrected chi connectivity index (χ0v) is 11.9. The second kappa shape index (κ2) is 6.53. The number of halogens is 1. The molecular weight excluding hydrogens is 278 g/mol. The largest absolute Gasteiger partial charge is 0.380 e. The highest BCUT2D eigenvalue weighted by atomic mass is 79.9. The summed E-state index contributed by atoms with van der Waals surface area (Å²) in [7, 11) is 2.14. The van der Waals surface area contributed by atoms with Gasteiger partial charge in [0.1, 0.15) is 0 Å². The van der Waals surface area contributed by atoms with Gasteiger partial charge in [-0.05, 0) is 43.5 Å². The van der Waals surface area contributed by atoms with E-state index in [1.165, 1.54) is 18.4 Å². The van der Waals surface area contributed by atoms with Gasteiger partial charge in [0.25, 0.3) is 0 Å². The van der Waals surface area contributed by atoms with Crippen LogP contribution in [0.25, 0.3) is 0 Å². The Labute approximate surface area is 112 Å². The first-order valence-corrected chi connectivity index (χ1v) is 7.04. The van der Waals surface area contributed by atoms with Gasteiger partial charge in [0, 0.05) is 24.2 Å². The lowest BCUT2D eigenvalue weighted by molar-refractivity contribution is 0.102. The van der Waals surface area contributed by atoms with Crippen molar-refractivity contribution in [2.24, 2.45) is 5.92 Å². The number of benzene rings is 1. The minimum atomic E-state index is 0.851. The van der Waals surface area contributed by atoms with E-state index in [9.17, 15) is 0 Å². The van der Waals surface area contributed by atoms with Crippen molar-refractivity contribution in [2.75, 3.05) is 26.8 Å². The lowest BCUT2D eigenvalue weighted by Gasteiger charge is -2.16. The van der Waals surface area contributed by atoms with Crippen LogP contribution in [-0.4, -0.2) is 31.7 Å². The fourth-order valence-electron chi connectivity index (χ4n) is 1.74. The molecule has 0 saturated heterocycles. The molecule has 1 aliphatic rings. The van der Waals surface area contributed by atoms with E-state index in [4.69, 9.17) is 4.74 Å². The van der Waals surface area contributed by atoms with Crippen LogP contribution in [0.2, 0.25) is 0 Å². The number of nitrogens with zero attached hydrogens (tertiary/aromatic N) is 1. The van der Waals surface area contributed by atoms with Crippen molar-refractivity contribution in [2.45, 2.75) is 19.4 Å². The van der Waals surface area contributed by atoms with E-state index in [0.717, 1.165) is 36.7 Å². The van der Waals surface area contributed by atoms with E-state index < -0.39 is 0 Å². The third-order valence-corrected chi connectivity index (χ3v) is 3.56. The molecule has 0 N–H and O–H groups in total. The van der Waals surface area contributed by atoms with Gasteiger partial charge in [0.2, 0.25) is 0 Å². The lowest BCUT2D eigenvalue weighted by atomic mass is 10.2. The second-order valence-corrected chi connectivity index (χ2v) is 5.80. The predicted octanol–water partition coefficient (Wildman–Crippen LogP) is 3.31. The smallest absolute Gasteiger partial charge is 0.0593 e. The highest BCUT2D eigenvalue weighted by Gasteiger charge is 2.20. The molecule has 2 nitrogen and oxygen atoms in total. The van der Waals surface area contributed by atoms with E-state index >= 15 is 0 Å².